The SMILES string of the molecule is CCCc1c(SC)[nH]c2c(N3CCC(CCNC(=O)CCCNC(=O)CON)CC3)c(O)ccc12. The van der Waals surface area contributed by atoms with Crippen LogP contribution in [-0.4, -0.2) is 60.9 Å². The molecule has 1 saturated heterocycles. The number of phenolic OH excluding ortho intramolecular Hbond substituents is 1. The number of fused-ring (bicyclic) bond motifs is 1. The molecule has 194 valence electrons. The molecule has 0 bridgehead atoms. The largest absolute Gasteiger partial charge is 0.506 e. The Morgan fingerprint density at radius 1 is 1.23 bits per heavy atom. The van der Waals surface area contributed by atoms with Crippen molar-refractivity contribution in [3.63, 3.8) is 0 Å². The zero-order valence-corrected chi connectivity index (χ0v) is 21.6. The molecule has 0 radical (unpaired) electrons. The third-order valence-electron chi connectivity index (χ3n) is 6.62. The van der Waals surface area contributed by atoms with Crippen LogP contribution in [0.4, 0.5) is 5.69 Å². The smallest absolute Gasteiger partial charge is 0.248 e. The van der Waals surface area contributed by atoms with Gasteiger partial charge in [0.1, 0.15) is 18.0 Å². The molecule has 2 aromatic rings. The molecular formula is C25H39N5O4S. The third kappa shape index (κ3) is 7.28. The molecule has 10 heteroatoms. The minimum absolute atomic E-state index is 0.00239. The van der Waals surface area contributed by atoms with Crippen molar-refractivity contribution in [1.82, 2.24) is 15.6 Å². The number of nitrogens with zero attached hydrogens (tertiary/aromatic N) is 1. The number of aryl methyl sites for hydroxylation is 1. The molecule has 2 amide bonds. The Bertz CT molecular complexity index is 988. The predicted molar refractivity (Wildman–Crippen MR) is 141 cm³/mol. The van der Waals surface area contributed by atoms with Crippen LogP contribution in [0.3, 0.4) is 0 Å². The summed E-state index contributed by atoms with van der Waals surface area (Å²) in [4.78, 5) is 33.4. The van der Waals surface area contributed by atoms with Crippen molar-refractivity contribution in [2.75, 3.05) is 43.9 Å². The molecule has 1 aromatic heterocycles. The number of thioether (sulfide) groups is 1. The Morgan fingerprint density at radius 2 is 1.97 bits per heavy atom. The molecule has 0 saturated carbocycles. The molecule has 1 fully saturated rings. The summed E-state index contributed by atoms with van der Waals surface area (Å²) >= 11 is 1.72. The first-order valence-corrected chi connectivity index (χ1v) is 13.7. The molecule has 0 aliphatic carbocycles. The number of nitrogens with two attached hydrogens (primary N) is 1. The van der Waals surface area contributed by atoms with Gasteiger partial charge in [-0.2, -0.15) is 0 Å². The number of amides is 2. The monoisotopic (exact) mass is 505 g/mol. The highest BCUT2D eigenvalue weighted by atomic mass is 32.2. The summed E-state index contributed by atoms with van der Waals surface area (Å²) in [7, 11) is 0. The summed E-state index contributed by atoms with van der Waals surface area (Å²) in [6.07, 6.45) is 8.14. The van der Waals surface area contributed by atoms with Crippen LogP contribution >= 0.6 is 11.8 Å². The Balaban J connectivity index is 1.46. The Hall–Kier alpha value is -2.43. The number of anilines is 1. The van der Waals surface area contributed by atoms with Crippen LogP contribution in [0.1, 0.15) is 51.0 Å². The van der Waals surface area contributed by atoms with Gasteiger partial charge in [0.25, 0.3) is 0 Å². The third-order valence-corrected chi connectivity index (χ3v) is 7.38. The summed E-state index contributed by atoms with van der Waals surface area (Å²) in [6.45, 7) is 4.86. The molecule has 0 spiro atoms. The lowest BCUT2D eigenvalue weighted by molar-refractivity contribution is -0.126. The van der Waals surface area contributed by atoms with Gasteiger partial charge in [0.15, 0.2) is 0 Å². The van der Waals surface area contributed by atoms with Crippen molar-refractivity contribution in [3.05, 3.63) is 17.7 Å². The molecule has 35 heavy (non-hydrogen) atoms. The van der Waals surface area contributed by atoms with Gasteiger partial charge >= 0.3 is 0 Å². The van der Waals surface area contributed by atoms with Crippen molar-refractivity contribution in [2.45, 2.75) is 56.9 Å². The van der Waals surface area contributed by atoms with E-state index >= 15 is 0 Å². The van der Waals surface area contributed by atoms with Gasteiger partial charge in [-0.3, -0.25) is 14.4 Å². The molecule has 9 nitrogen and oxygen atoms in total. The maximum Gasteiger partial charge on any atom is 0.248 e. The fraction of sp³-hybridized carbons (Fsp3) is 0.600. The highest BCUT2D eigenvalue weighted by Crippen LogP contribution is 2.41. The molecule has 0 atom stereocenters. The van der Waals surface area contributed by atoms with E-state index in [0.717, 1.165) is 56.4 Å². The fourth-order valence-corrected chi connectivity index (χ4v) is 5.48. The van der Waals surface area contributed by atoms with Gasteiger partial charge in [-0.25, -0.2) is 5.90 Å². The van der Waals surface area contributed by atoms with Crippen molar-refractivity contribution >= 4 is 40.2 Å². The average molecular weight is 506 g/mol. The number of aromatic hydroxyl groups is 1. The first kappa shape index (κ1) is 27.2. The van der Waals surface area contributed by atoms with E-state index in [-0.39, 0.29) is 18.4 Å². The normalized spacial score (nSPS) is 14.4. The molecule has 1 aliphatic rings. The van der Waals surface area contributed by atoms with Gasteiger partial charge in [-0.05, 0) is 62.0 Å². The molecule has 6 N–H and O–H groups in total. The highest BCUT2D eigenvalue weighted by molar-refractivity contribution is 7.98. The number of aromatic amines is 1. The number of hydrogen-bond acceptors (Lipinski definition) is 7. The van der Waals surface area contributed by atoms with Crippen molar-refractivity contribution in [1.29, 1.82) is 0 Å². The number of hydrogen-bond donors (Lipinski definition) is 5. The molecule has 0 unspecified atom stereocenters. The second-order valence-electron chi connectivity index (χ2n) is 9.08. The highest BCUT2D eigenvalue weighted by Gasteiger charge is 2.25. The molecule has 3 rings (SSSR count). The number of carbonyl (C=O) groups is 2. The Kier molecular flexibility index (Phi) is 10.6. The zero-order valence-electron chi connectivity index (χ0n) is 20.8. The summed E-state index contributed by atoms with van der Waals surface area (Å²) in [5.41, 5.74) is 3.29. The van der Waals surface area contributed by atoms with E-state index in [1.54, 1.807) is 11.8 Å². The van der Waals surface area contributed by atoms with E-state index in [1.165, 1.54) is 16.0 Å². The predicted octanol–water partition coefficient (Wildman–Crippen LogP) is 3.06. The van der Waals surface area contributed by atoms with Crippen LogP contribution in [-0.2, 0) is 20.8 Å². The minimum atomic E-state index is -0.286. The maximum absolute atomic E-state index is 12.0. The summed E-state index contributed by atoms with van der Waals surface area (Å²) in [5.74, 6) is 5.43. The van der Waals surface area contributed by atoms with Gasteiger partial charge in [0, 0.05) is 38.0 Å². The van der Waals surface area contributed by atoms with Crippen molar-refractivity contribution < 1.29 is 19.5 Å². The van der Waals surface area contributed by atoms with Crippen LogP contribution in [0.25, 0.3) is 10.9 Å². The number of benzene rings is 1. The van der Waals surface area contributed by atoms with Gasteiger partial charge in [0.2, 0.25) is 11.8 Å². The van der Waals surface area contributed by atoms with Crippen LogP contribution in [0.5, 0.6) is 5.75 Å². The number of piperidine rings is 1. The van der Waals surface area contributed by atoms with Gasteiger partial charge in [-0.15, -0.1) is 11.8 Å². The first-order chi connectivity index (χ1) is 17.0. The Morgan fingerprint density at radius 3 is 2.66 bits per heavy atom. The summed E-state index contributed by atoms with van der Waals surface area (Å²) in [6, 6.07) is 3.86. The lowest BCUT2D eigenvalue weighted by Gasteiger charge is -2.34. The molecule has 1 aromatic carbocycles. The zero-order chi connectivity index (χ0) is 25.2. The van der Waals surface area contributed by atoms with E-state index in [4.69, 9.17) is 5.90 Å². The summed E-state index contributed by atoms with van der Waals surface area (Å²) in [5, 5.41) is 18.8. The van der Waals surface area contributed by atoms with Crippen LogP contribution in [0.15, 0.2) is 17.2 Å². The number of H-pyrrole nitrogens is 1. The first-order valence-electron chi connectivity index (χ1n) is 12.5. The Labute approximate surface area is 211 Å². The molecule has 2 heterocycles. The van der Waals surface area contributed by atoms with Crippen molar-refractivity contribution in [3.8, 4) is 5.75 Å². The maximum atomic E-state index is 12.0. The number of rotatable bonds is 13. The second-order valence-corrected chi connectivity index (χ2v) is 9.89. The number of aromatic nitrogens is 1. The standard InChI is InChI=1S/C25H39N5O4S/c1-3-5-19-18-7-8-20(31)24(23(18)29-25(19)35-2)30-14-10-17(11-15-30)9-13-28-21(32)6-4-12-27-22(33)16-34-26/h7-8,17,29,31H,3-6,9-16,26H2,1-2H3,(H,27,33)(H,28,32). The number of phenols is 1. The van der Waals surface area contributed by atoms with Crippen molar-refractivity contribution in [2.24, 2.45) is 11.8 Å². The minimum Gasteiger partial charge on any atom is -0.506 e. The fourth-order valence-electron chi connectivity index (χ4n) is 4.81. The lowest BCUT2D eigenvalue weighted by atomic mass is 9.93. The topological polar surface area (TPSA) is 133 Å². The van der Waals surface area contributed by atoms with Crippen LogP contribution < -0.4 is 21.4 Å². The van der Waals surface area contributed by atoms with Gasteiger partial charge < -0.3 is 25.6 Å². The van der Waals surface area contributed by atoms with E-state index in [0.29, 0.717) is 37.6 Å². The number of nitrogens with one attached hydrogen (secondary N) is 3. The summed E-state index contributed by atoms with van der Waals surface area (Å²) < 4.78 is 0. The van der Waals surface area contributed by atoms with E-state index in [9.17, 15) is 14.7 Å². The second kappa shape index (κ2) is 13.6. The average Bonchev–Trinajstić information content (AvgIpc) is 3.20. The lowest BCUT2D eigenvalue weighted by Crippen LogP contribution is -2.35. The van der Waals surface area contributed by atoms with Crippen LogP contribution in [0.2, 0.25) is 0 Å². The number of carbonyl (C=O) groups excluding carboxylic acids is 2. The quantitative estimate of drug-likeness (QED) is 0.161. The molecule has 1 aliphatic heterocycles. The van der Waals surface area contributed by atoms with Gasteiger partial charge in [-0.1, -0.05) is 13.3 Å². The van der Waals surface area contributed by atoms with E-state index in [2.05, 4.69) is 38.5 Å². The van der Waals surface area contributed by atoms with Crippen LogP contribution in [0, 0.1) is 5.92 Å². The van der Waals surface area contributed by atoms with E-state index in [1.807, 2.05) is 12.1 Å². The van der Waals surface area contributed by atoms with E-state index < -0.39 is 0 Å². The molecular weight excluding hydrogens is 466 g/mol. The van der Waals surface area contributed by atoms with Gasteiger partial charge in [0.05, 0.1) is 10.5 Å².